The van der Waals surface area contributed by atoms with Crippen molar-refractivity contribution < 1.29 is 4.79 Å². The summed E-state index contributed by atoms with van der Waals surface area (Å²) in [5, 5.41) is 0.876. The number of carbonyl (C=O) groups excluding carboxylic acids is 1. The Labute approximate surface area is 110 Å². The summed E-state index contributed by atoms with van der Waals surface area (Å²) in [4.78, 5) is 17.1. The second-order valence-corrected chi connectivity index (χ2v) is 5.52. The first-order valence-corrected chi connectivity index (χ1v) is 7.27. The van der Waals surface area contributed by atoms with E-state index >= 15 is 0 Å². The van der Waals surface area contributed by atoms with E-state index in [1.165, 1.54) is 6.42 Å². The molecule has 1 fully saturated rings. The predicted molar refractivity (Wildman–Crippen MR) is 72.9 cm³/mol. The number of hydrogen-bond donors (Lipinski definition) is 1. The molecule has 94 valence electrons. The van der Waals surface area contributed by atoms with Crippen LogP contribution in [0.15, 0.2) is 23.4 Å². The third kappa shape index (κ3) is 1.70. The third-order valence-corrected chi connectivity index (χ3v) is 4.31. The van der Waals surface area contributed by atoms with E-state index in [0.29, 0.717) is 11.6 Å². The van der Waals surface area contributed by atoms with E-state index in [-0.39, 0.29) is 5.91 Å². The van der Waals surface area contributed by atoms with Gasteiger partial charge in [0.05, 0.1) is 5.56 Å². The number of amides is 1. The van der Waals surface area contributed by atoms with Crippen LogP contribution in [0, 0.1) is 0 Å². The van der Waals surface area contributed by atoms with Gasteiger partial charge in [0.1, 0.15) is 5.65 Å². The second-order valence-electron chi connectivity index (χ2n) is 4.65. The van der Waals surface area contributed by atoms with E-state index in [4.69, 9.17) is 5.73 Å². The van der Waals surface area contributed by atoms with Crippen molar-refractivity contribution in [2.45, 2.75) is 30.2 Å². The molecule has 0 atom stereocenters. The van der Waals surface area contributed by atoms with Gasteiger partial charge in [-0.1, -0.05) is 0 Å². The minimum Gasteiger partial charge on any atom is -0.366 e. The number of nitrogens with zero attached hydrogens (tertiary/aromatic N) is 2. The first-order valence-electron chi connectivity index (χ1n) is 6.05. The zero-order valence-electron chi connectivity index (χ0n) is 10.2. The average molecular weight is 261 g/mol. The SMILES string of the molecule is CSc1cnc2c(c1)c(C(N)=O)cn2C1CCC1. The lowest BCUT2D eigenvalue weighted by atomic mass is 9.93. The van der Waals surface area contributed by atoms with Crippen LogP contribution >= 0.6 is 11.8 Å². The Morgan fingerprint density at radius 2 is 2.33 bits per heavy atom. The molecule has 0 bridgehead atoms. The molecule has 1 aliphatic carbocycles. The topological polar surface area (TPSA) is 60.9 Å². The van der Waals surface area contributed by atoms with Gasteiger partial charge in [-0.15, -0.1) is 11.8 Å². The molecule has 0 aliphatic heterocycles. The fourth-order valence-corrected chi connectivity index (χ4v) is 2.76. The van der Waals surface area contributed by atoms with Crippen LogP contribution in [0.25, 0.3) is 11.0 Å². The highest BCUT2D eigenvalue weighted by Crippen LogP contribution is 2.36. The van der Waals surface area contributed by atoms with Crippen molar-refractivity contribution >= 4 is 28.7 Å². The van der Waals surface area contributed by atoms with Gasteiger partial charge in [0.25, 0.3) is 5.91 Å². The molecular weight excluding hydrogens is 246 g/mol. The molecule has 2 heterocycles. The van der Waals surface area contributed by atoms with Gasteiger partial charge >= 0.3 is 0 Å². The number of carbonyl (C=O) groups is 1. The van der Waals surface area contributed by atoms with Crippen molar-refractivity contribution in [1.29, 1.82) is 0 Å². The summed E-state index contributed by atoms with van der Waals surface area (Å²) < 4.78 is 2.11. The van der Waals surface area contributed by atoms with Crippen LogP contribution in [0.4, 0.5) is 0 Å². The van der Waals surface area contributed by atoms with E-state index in [9.17, 15) is 4.79 Å². The summed E-state index contributed by atoms with van der Waals surface area (Å²) in [6.07, 6.45) is 9.29. The van der Waals surface area contributed by atoms with Crippen LogP contribution in [0.3, 0.4) is 0 Å². The highest BCUT2D eigenvalue weighted by Gasteiger charge is 2.24. The average Bonchev–Trinajstić information content (AvgIpc) is 2.66. The van der Waals surface area contributed by atoms with E-state index < -0.39 is 0 Å². The molecule has 0 spiro atoms. The maximum Gasteiger partial charge on any atom is 0.250 e. The first kappa shape index (κ1) is 11.6. The van der Waals surface area contributed by atoms with E-state index in [2.05, 4.69) is 9.55 Å². The molecule has 3 rings (SSSR count). The molecule has 0 radical (unpaired) electrons. The number of thioether (sulfide) groups is 1. The summed E-state index contributed by atoms with van der Waals surface area (Å²) in [6, 6.07) is 2.48. The lowest BCUT2D eigenvalue weighted by molar-refractivity contribution is 0.100. The van der Waals surface area contributed by atoms with Crippen molar-refractivity contribution in [2.75, 3.05) is 6.26 Å². The number of aromatic nitrogens is 2. The largest absolute Gasteiger partial charge is 0.366 e. The number of hydrogen-bond acceptors (Lipinski definition) is 3. The van der Waals surface area contributed by atoms with E-state index in [0.717, 1.165) is 28.8 Å². The maximum atomic E-state index is 11.5. The van der Waals surface area contributed by atoms with Gasteiger partial charge in [0.15, 0.2) is 0 Å². The van der Waals surface area contributed by atoms with Crippen LogP contribution in [-0.2, 0) is 0 Å². The summed E-state index contributed by atoms with van der Waals surface area (Å²) in [7, 11) is 0. The predicted octanol–water partition coefficient (Wildman–Crippen LogP) is 2.58. The Kier molecular flexibility index (Phi) is 2.78. The molecular formula is C13H15N3OS. The van der Waals surface area contributed by atoms with Gasteiger partial charge in [-0.05, 0) is 31.6 Å². The summed E-state index contributed by atoms with van der Waals surface area (Å²) in [6.45, 7) is 0. The van der Waals surface area contributed by atoms with Gasteiger partial charge in [-0.2, -0.15) is 0 Å². The Bertz CT molecular complexity index is 616. The molecule has 1 saturated carbocycles. The first-order chi connectivity index (χ1) is 8.70. The molecule has 5 heteroatoms. The van der Waals surface area contributed by atoms with Crippen LogP contribution < -0.4 is 5.73 Å². The van der Waals surface area contributed by atoms with Crippen molar-refractivity contribution in [3.8, 4) is 0 Å². The Morgan fingerprint density at radius 1 is 1.56 bits per heavy atom. The van der Waals surface area contributed by atoms with Gasteiger partial charge < -0.3 is 10.3 Å². The van der Waals surface area contributed by atoms with Gasteiger partial charge in [-0.3, -0.25) is 4.79 Å². The number of primary amides is 1. The number of fused-ring (bicyclic) bond motifs is 1. The summed E-state index contributed by atoms with van der Waals surface area (Å²) in [5.74, 6) is -0.377. The van der Waals surface area contributed by atoms with E-state index in [1.807, 2.05) is 24.7 Å². The number of rotatable bonds is 3. The Morgan fingerprint density at radius 3 is 2.89 bits per heavy atom. The van der Waals surface area contributed by atoms with Crippen LogP contribution in [-0.4, -0.2) is 21.7 Å². The molecule has 0 saturated heterocycles. The molecule has 4 nitrogen and oxygen atoms in total. The zero-order chi connectivity index (χ0) is 12.7. The van der Waals surface area contributed by atoms with Crippen molar-refractivity contribution in [1.82, 2.24) is 9.55 Å². The van der Waals surface area contributed by atoms with Crippen LogP contribution in [0.2, 0.25) is 0 Å². The molecule has 18 heavy (non-hydrogen) atoms. The Hall–Kier alpha value is -1.49. The van der Waals surface area contributed by atoms with E-state index in [1.54, 1.807) is 11.8 Å². The van der Waals surface area contributed by atoms with Crippen LogP contribution in [0.5, 0.6) is 0 Å². The molecule has 2 aromatic rings. The van der Waals surface area contributed by atoms with Crippen molar-refractivity contribution in [3.05, 3.63) is 24.0 Å². The maximum absolute atomic E-state index is 11.5. The highest BCUT2D eigenvalue weighted by atomic mass is 32.2. The smallest absolute Gasteiger partial charge is 0.250 e. The van der Waals surface area contributed by atoms with Crippen LogP contribution in [0.1, 0.15) is 35.7 Å². The quantitative estimate of drug-likeness (QED) is 0.864. The molecule has 1 aliphatic rings. The fourth-order valence-electron chi connectivity index (χ4n) is 2.36. The fraction of sp³-hybridized carbons (Fsp3) is 0.385. The lowest BCUT2D eigenvalue weighted by Crippen LogP contribution is -2.16. The standard InChI is InChI=1S/C13H15N3OS/c1-18-9-5-10-11(12(14)17)7-16(8-3-2-4-8)13(10)15-6-9/h5-8H,2-4H2,1H3,(H2,14,17). The number of nitrogens with two attached hydrogens (primary N) is 1. The molecule has 2 aromatic heterocycles. The summed E-state index contributed by atoms with van der Waals surface area (Å²) >= 11 is 1.62. The van der Waals surface area contributed by atoms with Gasteiger partial charge in [-0.25, -0.2) is 4.98 Å². The normalized spacial score (nSPS) is 15.8. The highest BCUT2D eigenvalue weighted by molar-refractivity contribution is 7.98. The Balaban J connectivity index is 2.22. The third-order valence-electron chi connectivity index (χ3n) is 3.61. The second kappa shape index (κ2) is 4.31. The molecule has 0 unspecified atom stereocenters. The lowest BCUT2D eigenvalue weighted by Gasteiger charge is -2.27. The number of pyridine rings is 1. The molecule has 2 N–H and O–H groups in total. The van der Waals surface area contributed by atoms with Crippen molar-refractivity contribution in [3.63, 3.8) is 0 Å². The summed E-state index contributed by atoms with van der Waals surface area (Å²) in [5.41, 5.74) is 6.92. The van der Waals surface area contributed by atoms with Crippen molar-refractivity contribution in [2.24, 2.45) is 5.73 Å². The minimum atomic E-state index is -0.377. The molecule has 0 aromatic carbocycles. The molecule has 1 amide bonds. The van der Waals surface area contributed by atoms with Gasteiger partial charge in [0.2, 0.25) is 0 Å². The monoisotopic (exact) mass is 261 g/mol. The van der Waals surface area contributed by atoms with Gasteiger partial charge in [0, 0.05) is 28.7 Å². The zero-order valence-corrected chi connectivity index (χ0v) is 11.0. The minimum absolute atomic E-state index is 0.377.